The molecule has 0 spiro atoms. The molecule has 1 fully saturated rings. The molecule has 28 heavy (non-hydrogen) atoms. The van der Waals surface area contributed by atoms with Crippen molar-refractivity contribution in [1.29, 1.82) is 0 Å². The van der Waals surface area contributed by atoms with Crippen LogP contribution in [0.1, 0.15) is 25.8 Å². The number of carbonyl (C=O) groups is 1. The minimum atomic E-state index is -0.767. The highest BCUT2D eigenvalue weighted by Gasteiger charge is 2.22. The van der Waals surface area contributed by atoms with E-state index in [2.05, 4.69) is 10.4 Å². The molecule has 1 aliphatic rings. The second-order valence-corrected chi connectivity index (χ2v) is 6.63. The first-order valence-electron chi connectivity index (χ1n) is 9.25. The zero-order valence-corrected chi connectivity index (χ0v) is 16.3. The second-order valence-electron chi connectivity index (χ2n) is 6.63. The molecular formula is C20H25N3O5. The minimum Gasteiger partial charge on any atom is -0.497 e. The molecule has 0 aliphatic carbocycles. The van der Waals surface area contributed by atoms with Crippen molar-refractivity contribution < 1.29 is 19.0 Å². The first-order valence-corrected chi connectivity index (χ1v) is 9.25. The molecule has 3 rings (SSSR count). The van der Waals surface area contributed by atoms with Crippen LogP contribution in [0.15, 0.2) is 35.1 Å². The standard InChI is InChI=1S/C20H25N3O5/c1-13(20(25)21-12-16-5-4-10-28-16)23-18(24)11-17(27-3)19(22-23)14-6-8-15(26-2)9-7-14/h6-9,11,13,16H,4-5,10,12H2,1-3H3,(H,21,25). The molecule has 150 valence electrons. The van der Waals surface area contributed by atoms with Crippen LogP contribution in [0.4, 0.5) is 0 Å². The predicted molar refractivity (Wildman–Crippen MR) is 104 cm³/mol. The lowest BCUT2D eigenvalue weighted by Gasteiger charge is -2.18. The summed E-state index contributed by atoms with van der Waals surface area (Å²) in [5.41, 5.74) is 0.816. The Morgan fingerprint density at radius 2 is 2.07 bits per heavy atom. The van der Waals surface area contributed by atoms with Gasteiger partial charge in [-0.15, -0.1) is 0 Å². The third kappa shape index (κ3) is 4.33. The van der Waals surface area contributed by atoms with Gasteiger partial charge in [0.05, 0.1) is 20.3 Å². The average Bonchev–Trinajstić information content (AvgIpc) is 3.25. The van der Waals surface area contributed by atoms with Gasteiger partial charge in [-0.05, 0) is 44.0 Å². The van der Waals surface area contributed by atoms with E-state index in [4.69, 9.17) is 14.2 Å². The molecule has 1 amide bonds. The molecule has 0 saturated carbocycles. The van der Waals surface area contributed by atoms with Gasteiger partial charge in [-0.3, -0.25) is 9.59 Å². The molecule has 1 aromatic heterocycles. The number of nitrogens with one attached hydrogen (secondary N) is 1. The molecule has 8 nitrogen and oxygen atoms in total. The normalized spacial score (nSPS) is 17.2. The maximum absolute atomic E-state index is 12.5. The number of hydrogen-bond donors (Lipinski definition) is 1. The smallest absolute Gasteiger partial charge is 0.271 e. The molecule has 2 heterocycles. The molecule has 1 aliphatic heterocycles. The van der Waals surface area contributed by atoms with Crippen LogP contribution in [0.5, 0.6) is 11.5 Å². The van der Waals surface area contributed by atoms with Gasteiger partial charge in [0.25, 0.3) is 5.56 Å². The summed E-state index contributed by atoms with van der Waals surface area (Å²) < 4.78 is 17.2. The Balaban J connectivity index is 1.85. The van der Waals surface area contributed by atoms with Crippen molar-refractivity contribution in [3.63, 3.8) is 0 Å². The molecule has 2 atom stereocenters. The number of hydrogen-bond acceptors (Lipinski definition) is 6. The largest absolute Gasteiger partial charge is 0.497 e. The van der Waals surface area contributed by atoms with Crippen LogP contribution < -0.4 is 20.3 Å². The molecule has 1 aromatic carbocycles. The van der Waals surface area contributed by atoms with Crippen LogP contribution in [0.25, 0.3) is 11.3 Å². The molecule has 0 radical (unpaired) electrons. The van der Waals surface area contributed by atoms with Crippen LogP contribution in [0.2, 0.25) is 0 Å². The van der Waals surface area contributed by atoms with Crippen molar-refractivity contribution in [1.82, 2.24) is 15.1 Å². The summed E-state index contributed by atoms with van der Waals surface area (Å²) in [6, 6.07) is 7.81. The van der Waals surface area contributed by atoms with Crippen molar-refractivity contribution in [3.05, 3.63) is 40.7 Å². The van der Waals surface area contributed by atoms with Crippen molar-refractivity contribution >= 4 is 5.91 Å². The van der Waals surface area contributed by atoms with Gasteiger partial charge < -0.3 is 19.5 Å². The number of carbonyl (C=O) groups excluding carboxylic acids is 1. The van der Waals surface area contributed by atoms with Gasteiger partial charge in [0, 0.05) is 24.8 Å². The quantitative estimate of drug-likeness (QED) is 0.779. The van der Waals surface area contributed by atoms with Crippen molar-refractivity contribution in [3.8, 4) is 22.8 Å². The first-order chi connectivity index (χ1) is 13.5. The second kappa shape index (κ2) is 8.88. The fourth-order valence-electron chi connectivity index (χ4n) is 3.11. The zero-order chi connectivity index (χ0) is 20.1. The summed E-state index contributed by atoms with van der Waals surface area (Å²) in [6.07, 6.45) is 1.96. The van der Waals surface area contributed by atoms with Crippen molar-refractivity contribution in [2.45, 2.75) is 31.9 Å². The summed E-state index contributed by atoms with van der Waals surface area (Å²) in [7, 11) is 3.07. The van der Waals surface area contributed by atoms with E-state index in [0.717, 1.165) is 25.0 Å². The first kappa shape index (κ1) is 19.9. The lowest BCUT2D eigenvalue weighted by molar-refractivity contribution is -0.124. The SMILES string of the molecule is COc1ccc(-c2nn(C(C)C(=O)NCC3CCCO3)c(=O)cc2OC)cc1. The van der Waals surface area contributed by atoms with E-state index in [1.54, 1.807) is 26.2 Å². The van der Waals surface area contributed by atoms with Crippen LogP contribution >= 0.6 is 0 Å². The molecule has 0 bridgehead atoms. The maximum Gasteiger partial charge on any atom is 0.271 e. The van der Waals surface area contributed by atoms with Crippen molar-refractivity contribution in [2.75, 3.05) is 27.4 Å². The number of benzene rings is 1. The van der Waals surface area contributed by atoms with Crippen LogP contribution in [-0.4, -0.2) is 49.2 Å². The van der Waals surface area contributed by atoms with Gasteiger partial charge in [-0.25, -0.2) is 4.68 Å². The highest BCUT2D eigenvalue weighted by molar-refractivity contribution is 5.80. The lowest BCUT2D eigenvalue weighted by Crippen LogP contribution is -2.40. The number of nitrogens with zero attached hydrogens (tertiary/aromatic N) is 2. The molecule has 8 heteroatoms. The van der Waals surface area contributed by atoms with Gasteiger partial charge in [-0.1, -0.05) is 0 Å². The minimum absolute atomic E-state index is 0.0339. The van der Waals surface area contributed by atoms with Crippen LogP contribution in [0.3, 0.4) is 0 Å². The number of amides is 1. The van der Waals surface area contributed by atoms with Gasteiger partial charge in [-0.2, -0.15) is 5.10 Å². The summed E-state index contributed by atoms with van der Waals surface area (Å²) in [5, 5.41) is 7.26. The lowest BCUT2D eigenvalue weighted by atomic mass is 10.1. The van der Waals surface area contributed by atoms with Gasteiger partial charge in [0.2, 0.25) is 5.91 Å². The topological polar surface area (TPSA) is 91.7 Å². The molecule has 2 unspecified atom stereocenters. The van der Waals surface area contributed by atoms with E-state index in [1.165, 1.54) is 17.9 Å². The Morgan fingerprint density at radius 3 is 2.68 bits per heavy atom. The van der Waals surface area contributed by atoms with Gasteiger partial charge >= 0.3 is 0 Å². The monoisotopic (exact) mass is 387 g/mol. The van der Waals surface area contributed by atoms with Crippen LogP contribution in [0, 0.1) is 0 Å². The molecular weight excluding hydrogens is 362 g/mol. The van der Waals surface area contributed by atoms with E-state index >= 15 is 0 Å². The van der Waals surface area contributed by atoms with E-state index in [9.17, 15) is 9.59 Å². The Kier molecular flexibility index (Phi) is 6.30. The summed E-state index contributed by atoms with van der Waals surface area (Å²) in [5.74, 6) is 0.771. The summed E-state index contributed by atoms with van der Waals surface area (Å²) in [4.78, 5) is 25.0. The summed E-state index contributed by atoms with van der Waals surface area (Å²) in [6.45, 7) is 2.80. The van der Waals surface area contributed by atoms with Gasteiger partial charge in [0.1, 0.15) is 17.5 Å². The highest BCUT2D eigenvalue weighted by Crippen LogP contribution is 2.28. The zero-order valence-electron chi connectivity index (χ0n) is 16.3. The molecule has 1 N–H and O–H groups in total. The fourth-order valence-corrected chi connectivity index (χ4v) is 3.11. The number of methoxy groups -OCH3 is 2. The molecule has 1 saturated heterocycles. The highest BCUT2D eigenvalue weighted by atomic mass is 16.5. The van der Waals surface area contributed by atoms with E-state index in [1.807, 2.05) is 12.1 Å². The summed E-state index contributed by atoms with van der Waals surface area (Å²) >= 11 is 0. The molecule has 2 aromatic rings. The van der Waals surface area contributed by atoms with E-state index < -0.39 is 11.6 Å². The third-order valence-electron chi connectivity index (χ3n) is 4.78. The van der Waals surface area contributed by atoms with Gasteiger partial charge in [0.15, 0.2) is 5.75 Å². The predicted octanol–water partition coefficient (Wildman–Crippen LogP) is 1.78. The Labute approximate surface area is 163 Å². The maximum atomic E-state index is 12.5. The number of rotatable bonds is 7. The van der Waals surface area contributed by atoms with Crippen molar-refractivity contribution in [2.24, 2.45) is 0 Å². The number of aromatic nitrogens is 2. The van der Waals surface area contributed by atoms with E-state index in [0.29, 0.717) is 23.7 Å². The Bertz CT molecular complexity index is 872. The number of ether oxygens (including phenoxy) is 3. The third-order valence-corrected chi connectivity index (χ3v) is 4.78. The van der Waals surface area contributed by atoms with Crippen LogP contribution in [-0.2, 0) is 9.53 Å². The Morgan fingerprint density at radius 1 is 1.32 bits per heavy atom. The van der Waals surface area contributed by atoms with E-state index in [-0.39, 0.29) is 12.0 Å². The Hall–Kier alpha value is -2.87. The fraction of sp³-hybridized carbons (Fsp3) is 0.450. The average molecular weight is 387 g/mol.